The van der Waals surface area contributed by atoms with E-state index in [1.807, 2.05) is 0 Å². The quantitative estimate of drug-likeness (QED) is 0.543. The second kappa shape index (κ2) is 4.46. The molecule has 0 aromatic heterocycles. The van der Waals surface area contributed by atoms with Gasteiger partial charge in [-0.3, -0.25) is 0 Å². The average molecular weight is 263 g/mol. The molecule has 1 aliphatic rings. The van der Waals surface area contributed by atoms with Crippen molar-refractivity contribution in [2.75, 3.05) is 11.9 Å². The molecule has 0 aliphatic carbocycles. The predicted octanol–water partition coefficient (Wildman–Crippen LogP) is 4.49. The van der Waals surface area contributed by atoms with Gasteiger partial charge < -0.3 is 4.90 Å². The fraction of sp³-hybridized carbons (Fsp3) is 0.357. The normalized spacial score (nSPS) is 17.4. The van der Waals surface area contributed by atoms with Gasteiger partial charge in [0.05, 0.1) is 10.7 Å². The number of hydrogen-bond donors (Lipinski definition) is 0. The van der Waals surface area contributed by atoms with Crippen molar-refractivity contribution in [2.45, 2.75) is 25.7 Å². The highest BCUT2D eigenvalue weighted by Gasteiger charge is 2.23. The number of para-hydroxylation sites is 1. The van der Waals surface area contributed by atoms with Crippen molar-refractivity contribution < 1.29 is 0 Å². The smallest absolute Gasteiger partial charge is 0.0810 e. The zero-order chi connectivity index (χ0) is 12.6. The summed E-state index contributed by atoms with van der Waals surface area (Å²) < 4.78 is 0. The average Bonchev–Trinajstić information content (AvgIpc) is 2.55. The molecule has 17 heavy (non-hydrogen) atoms. The SMILES string of the molecule is CN1C(=CC(=S)C(C)(C)C)Sc2ccccc21. The minimum Gasteiger partial charge on any atom is -0.338 e. The maximum atomic E-state index is 5.48. The second-order valence-corrected chi connectivity index (χ2v) is 6.73. The largest absolute Gasteiger partial charge is 0.338 e. The topological polar surface area (TPSA) is 3.24 Å². The van der Waals surface area contributed by atoms with Crippen molar-refractivity contribution >= 4 is 34.5 Å². The Bertz CT molecular complexity index is 483. The Morgan fingerprint density at radius 3 is 2.53 bits per heavy atom. The first-order valence-corrected chi connectivity index (χ1v) is 6.89. The minimum atomic E-state index is 0.0541. The number of nitrogens with zero attached hydrogens (tertiary/aromatic N) is 1. The Balaban J connectivity index is 2.29. The van der Waals surface area contributed by atoms with Gasteiger partial charge in [-0.15, -0.1) is 0 Å². The molecule has 1 aliphatic heterocycles. The summed E-state index contributed by atoms with van der Waals surface area (Å²) in [5.41, 5.74) is 1.32. The van der Waals surface area contributed by atoms with E-state index in [1.165, 1.54) is 15.6 Å². The molecular weight excluding hydrogens is 246 g/mol. The number of rotatable bonds is 1. The number of benzene rings is 1. The lowest BCUT2D eigenvalue weighted by Crippen LogP contribution is -2.18. The fourth-order valence-electron chi connectivity index (χ4n) is 1.58. The lowest BCUT2D eigenvalue weighted by Gasteiger charge is -2.19. The first-order chi connectivity index (χ1) is 7.89. The van der Waals surface area contributed by atoms with Crippen LogP contribution < -0.4 is 4.90 Å². The van der Waals surface area contributed by atoms with Gasteiger partial charge in [0.25, 0.3) is 0 Å². The van der Waals surface area contributed by atoms with Crippen LogP contribution in [0.25, 0.3) is 0 Å². The number of allylic oxidation sites excluding steroid dienone is 1. The van der Waals surface area contributed by atoms with Crippen LogP contribution in [0, 0.1) is 5.41 Å². The highest BCUT2D eigenvalue weighted by molar-refractivity contribution is 8.03. The van der Waals surface area contributed by atoms with Gasteiger partial charge in [0.1, 0.15) is 0 Å². The Hall–Kier alpha value is -0.800. The summed E-state index contributed by atoms with van der Waals surface area (Å²) in [6.07, 6.45) is 2.12. The number of thioether (sulfide) groups is 1. The Labute approximate surface area is 113 Å². The van der Waals surface area contributed by atoms with Gasteiger partial charge in [-0.05, 0) is 23.6 Å². The van der Waals surface area contributed by atoms with E-state index >= 15 is 0 Å². The maximum Gasteiger partial charge on any atom is 0.0810 e. The van der Waals surface area contributed by atoms with Crippen LogP contribution in [0.1, 0.15) is 20.8 Å². The summed E-state index contributed by atoms with van der Waals surface area (Å²) in [6, 6.07) is 8.44. The van der Waals surface area contributed by atoms with Crippen LogP contribution >= 0.6 is 24.0 Å². The van der Waals surface area contributed by atoms with Crippen LogP contribution in [0.5, 0.6) is 0 Å². The molecule has 90 valence electrons. The third-order valence-electron chi connectivity index (χ3n) is 2.77. The van der Waals surface area contributed by atoms with E-state index in [2.05, 4.69) is 63.1 Å². The van der Waals surface area contributed by atoms with Crippen LogP contribution in [0.3, 0.4) is 0 Å². The van der Waals surface area contributed by atoms with Crippen molar-refractivity contribution in [3.63, 3.8) is 0 Å². The number of thiocarbonyl (C=S) groups is 1. The van der Waals surface area contributed by atoms with Crippen LogP contribution in [-0.4, -0.2) is 11.9 Å². The van der Waals surface area contributed by atoms with E-state index in [9.17, 15) is 0 Å². The van der Waals surface area contributed by atoms with Crippen LogP contribution in [0.2, 0.25) is 0 Å². The van der Waals surface area contributed by atoms with Gasteiger partial charge in [-0.1, -0.05) is 56.9 Å². The van der Waals surface area contributed by atoms with E-state index in [0.29, 0.717) is 0 Å². The minimum absolute atomic E-state index is 0.0541. The van der Waals surface area contributed by atoms with E-state index in [0.717, 1.165) is 4.86 Å². The van der Waals surface area contributed by atoms with E-state index < -0.39 is 0 Å². The standard InChI is InChI=1S/C14H17NS2/c1-14(2,3)12(16)9-13-15(4)10-7-5-6-8-11(10)17-13/h5-9H,1-4H3. The zero-order valence-corrected chi connectivity index (χ0v) is 12.3. The molecule has 0 atom stereocenters. The van der Waals surface area contributed by atoms with Crippen molar-refractivity contribution in [1.29, 1.82) is 0 Å². The van der Waals surface area contributed by atoms with Crippen LogP contribution in [0.15, 0.2) is 40.3 Å². The molecule has 2 rings (SSSR count). The van der Waals surface area contributed by atoms with E-state index in [1.54, 1.807) is 11.8 Å². The summed E-state index contributed by atoms with van der Waals surface area (Å²) in [4.78, 5) is 4.51. The van der Waals surface area contributed by atoms with Gasteiger partial charge in [0.15, 0.2) is 0 Å². The van der Waals surface area contributed by atoms with E-state index in [-0.39, 0.29) is 5.41 Å². The third kappa shape index (κ3) is 2.55. The molecule has 3 heteroatoms. The molecule has 1 nitrogen and oxygen atoms in total. The molecule has 0 saturated heterocycles. The number of hydrogen-bond acceptors (Lipinski definition) is 3. The van der Waals surface area contributed by atoms with Crippen LogP contribution in [0.4, 0.5) is 5.69 Å². The summed E-state index contributed by atoms with van der Waals surface area (Å²) in [5, 5.41) is 1.21. The lowest BCUT2D eigenvalue weighted by atomic mass is 9.92. The molecule has 1 aromatic rings. The Morgan fingerprint density at radius 2 is 1.94 bits per heavy atom. The first-order valence-electron chi connectivity index (χ1n) is 5.66. The highest BCUT2D eigenvalue weighted by Crippen LogP contribution is 2.45. The van der Waals surface area contributed by atoms with Crippen molar-refractivity contribution in [2.24, 2.45) is 5.41 Å². The molecule has 0 amide bonds. The molecule has 0 fully saturated rings. The van der Waals surface area contributed by atoms with Crippen molar-refractivity contribution in [3.8, 4) is 0 Å². The highest BCUT2D eigenvalue weighted by atomic mass is 32.2. The molecule has 0 spiro atoms. The monoisotopic (exact) mass is 263 g/mol. The van der Waals surface area contributed by atoms with Crippen molar-refractivity contribution in [1.82, 2.24) is 0 Å². The lowest BCUT2D eigenvalue weighted by molar-refractivity contribution is 0.603. The maximum absolute atomic E-state index is 5.48. The first kappa shape index (κ1) is 12.7. The van der Waals surface area contributed by atoms with Gasteiger partial charge >= 0.3 is 0 Å². The summed E-state index contributed by atoms with van der Waals surface area (Å²) in [7, 11) is 2.09. The van der Waals surface area contributed by atoms with Gasteiger partial charge in [-0.25, -0.2) is 0 Å². The summed E-state index contributed by atoms with van der Waals surface area (Å²) in [5.74, 6) is 0. The molecular formula is C14H17NS2. The fourth-order valence-corrected chi connectivity index (χ4v) is 2.86. The molecule has 0 N–H and O–H groups in total. The molecule has 1 heterocycles. The third-order valence-corrected chi connectivity index (χ3v) is 4.66. The molecule has 0 bridgehead atoms. The van der Waals surface area contributed by atoms with Gasteiger partial charge in [0, 0.05) is 16.8 Å². The molecule has 1 aromatic carbocycles. The van der Waals surface area contributed by atoms with Gasteiger partial charge in [0.2, 0.25) is 0 Å². The second-order valence-electron chi connectivity index (χ2n) is 5.23. The predicted molar refractivity (Wildman–Crippen MR) is 80.8 cm³/mol. The molecule has 0 radical (unpaired) electrons. The van der Waals surface area contributed by atoms with Gasteiger partial charge in [-0.2, -0.15) is 0 Å². The number of fused-ring (bicyclic) bond motifs is 1. The Morgan fingerprint density at radius 1 is 1.29 bits per heavy atom. The number of anilines is 1. The molecule has 0 unspecified atom stereocenters. The van der Waals surface area contributed by atoms with Crippen molar-refractivity contribution in [3.05, 3.63) is 35.4 Å². The van der Waals surface area contributed by atoms with E-state index in [4.69, 9.17) is 12.2 Å². The molecule has 0 saturated carbocycles. The Kier molecular flexibility index (Phi) is 3.32. The summed E-state index contributed by atoms with van der Waals surface area (Å²) in [6.45, 7) is 6.46. The van der Waals surface area contributed by atoms with Crippen LogP contribution in [-0.2, 0) is 0 Å². The zero-order valence-electron chi connectivity index (χ0n) is 10.7. The summed E-state index contributed by atoms with van der Waals surface area (Å²) >= 11 is 7.26.